The summed E-state index contributed by atoms with van der Waals surface area (Å²) in [6.07, 6.45) is 0. The Kier molecular flexibility index (Phi) is 6.19. The first-order valence-corrected chi connectivity index (χ1v) is 7.72. The van der Waals surface area contributed by atoms with Crippen molar-refractivity contribution in [3.8, 4) is 6.07 Å². The second-order valence-corrected chi connectivity index (χ2v) is 5.90. The zero-order valence-electron chi connectivity index (χ0n) is 13.0. The number of ether oxygens (including phenoxy) is 1. The smallest absolute Gasteiger partial charge is 0.0991 e. The van der Waals surface area contributed by atoms with Crippen LogP contribution >= 0.6 is 0 Å². The number of nitrogens with zero attached hydrogens (tertiary/aromatic N) is 2. The molecule has 1 heterocycles. The van der Waals surface area contributed by atoms with Crippen molar-refractivity contribution in [2.75, 3.05) is 32.8 Å². The van der Waals surface area contributed by atoms with Gasteiger partial charge in [-0.05, 0) is 23.6 Å². The zero-order chi connectivity index (χ0) is 15.1. The third-order valence-corrected chi connectivity index (χ3v) is 4.02. The third-order valence-electron chi connectivity index (χ3n) is 4.02. The Morgan fingerprint density at radius 2 is 2.10 bits per heavy atom. The maximum absolute atomic E-state index is 8.93. The van der Waals surface area contributed by atoms with E-state index in [1.165, 1.54) is 5.56 Å². The van der Waals surface area contributed by atoms with E-state index in [9.17, 15) is 0 Å². The maximum Gasteiger partial charge on any atom is 0.0991 e. The van der Waals surface area contributed by atoms with Crippen LogP contribution in [0, 0.1) is 17.2 Å². The van der Waals surface area contributed by atoms with Crippen LogP contribution in [0.15, 0.2) is 24.3 Å². The van der Waals surface area contributed by atoms with Crippen LogP contribution in [0.2, 0.25) is 0 Å². The lowest BCUT2D eigenvalue weighted by Crippen LogP contribution is -2.50. The van der Waals surface area contributed by atoms with Crippen molar-refractivity contribution >= 4 is 0 Å². The third kappa shape index (κ3) is 4.82. The molecular formula is C17H25N3O. The van der Waals surface area contributed by atoms with Crippen LogP contribution in [0.4, 0.5) is 0 Å². The summed E-state index contributed by atoms with van der Waals surface area (Å²) >= 11 is 0. The van der Waals surface area contributed by atoms with Gasteiger partial charge >= 0.3 is 0 Å². The van der Waals surface area contributed by atoms with Gasteiger partial charge in [-0.25, -0.2) is 0 Å². The molecule has 1 N–H and O–H groups in total. The summed E-state index contributed by atoms with van der Waals surface area (Å²) in [5.74, 6) is 0.612. The molecule has 0 spiro atoms. The van der Waals surface area contributed by atoms with E-state index in [1.54, 1.807) is 0 Å². The fraction of sp³-hybridized carbons (Fsp3) is 0.588. The molecule has 0 aromatic heterocycles. The molecule has 1 unspecified atom stereocenters. The van der Waals surface area contributed by atoms with Gasteiger partial charge < -0.3 is 10.1 Å². The van der Waals surface area contributed by atoms with Crippen LogP contribution in [0.25, 0.3) is 0 Å². The van der Waals surface area contributed by atoms with E-state index in [2.05, 4.69) is 36.2 Å². The fourth-order valence-corrected chi connectivity index (χ4v) is 2.81. The van der Waals surface area contributed by atoms with E-state index in [1.807, 2.05) is 18.2 Å². The van der Waals surface area contributed by atoms with Crippen LogP contribution in [0.5, 0.6) is 0 Å². The van der Waals surface area contributed by atoms with Crippen molar-refractivity contribution in [2.24, 2.45) is 5.92 Å². The van der Waals surface area contributed by atoms with Gasteiger partial charge in [0.05, 0.1) is 24.8 Å². The minimum atomic E-state index is 0.535. The molecule has 4 heteroatoms. The van der Waals surface area contributed by atoms with Gasteiger partial charge in [0.15, 0.2) is 0 Å². The zero-order valence-corrected chi connectivity index (χ0v) is 13.0. The molecule has 1 aliphatic rings. The summed E-state index contributed by atoms with van der Waals surface area (Å²) < 4.78 is 5.44. The molecule has 1 saturated heterocycles. The van der Waals surface area contributed by atoms with Gasteiger partial charge in [-0.3, -0.25) is 4.90 Å². The predicted molar refractivity (Wildman–Crippen MR) is 83.9 cm³/mol. The minimum absolute atomic E-state index is 0.535. The summed E-state index contributed by atoms with van der Waals surface area (Å²) in [6, 6.07) is 10.5. The Morgan fingerprint density at radius 3 is 2.76 bits per heavy atom. The molecule has 1 aliphatic heterocycles. The molecule has 1 aromatic carbocycles. The van der Waals surface area contributed by atoms with E-state index in [0.29, 0.717) is 12.0 Å². The van der Waals surface area contributed by atoms with E-state index < -0.39 is 0 Å². The maximum atomic E-state index is 8.93. The summed E-state index contributed by atoms with van der Waals surface area (Å²) in [5, 5.41) is 12.5. The lowest BCUT2D eigenvalue weighted by molar-refractivity contribution is 0.00648. The Balaban J connectivity index is 1.85. The number of hydrogen-bond acceptors (Lipinski definition) is 4. The first-order valence-electron chi connectivity index (χ1n) is 7.72. The summed E-state index contributed by atoms with van der Waals surface area (Å²) in [7, 11) is 0. The van der Waals surface area contributed by atoms with Crippen molar-refractivity contribution in [1.29, 1.82) is 5.26 Å². The summed E-state index contributed by atoms with van der Waals surface area (Å²) in [6.45, 7) is 10.1. The number of benzene rings is 1. The Morgan fingerprint density at radius 1 is 1.33 bits per heavy atom. The molecule has 2 rings (SSSR count). The highest BCUT2D eigenvalue weighted by molar-refractivity contribution is 5.32. The van der Waals surface area contributed by atoms with E-state index >= 15 is 0 Å². The lowest BCUT2D eigenvalue weighted by Gasteiger charge is -2.37. The van der Waals surface area contributed by atoms with Crippen molar-refractivity contribution in [2.45, 2.75) is 26.4 Å². The molecule has 114 valence electrons. The van der Waals surface area contributed by atoms with Crippen LogP contribution < -0.4 is 5.32 Å². The van der Waals surface area contributed by atoms with Crippen LogP contribution in [-0.4, -0.2) is 43.8 Å². The second-order valence-electron chi connectivity index (χ2n) is 5.90. The standard InChI is InChI=1S/C17H25N3O/c1-14(2)17(20-6-8-21-9-7-20)13-19-12-16-5-3-4-15(10-16)11-18/h3-5,10,14,17,19H,6-9,12-13H2,1-2H3. The molecule has 21 heavy (non-hydrogen) atoms. The first kappa shape index (κ1) is 16.0. The molecule has 0 saturated carbocycles. The Bertz CT molecular complexity index is 475. The normalized spacial score (nSPS) is 17.6. The highest BCUT2D eigenvalue weighted by Crippen LogP contribution is 2.12. The molecule has 0 radical (unpaired) electrons. The van der Waals surface area contributed by atoms with Crippen molar-refractivity contribution < 1.29 is 4.74 Å². The predicted octanol–water partition coefficient (Wildman–Crippen LogP) is 2.00. The van der Waals surface area contributed by atoms with Gasteiger partial charge in [0.2, 0.25) is 0 Å². The largest absolute Gasteiger partial charge is 0.379 e. The average Bonchev–Trinajstić information content (AvgIpc) is 2.52. The molecule has 1 fully saturated rings. The van der Waals surface area contributed by atoms with Gasteiger partial charge in [-0.15, -0.1) is 0 Å². The average molecular weight is 287 g/mol. The van der Waals surface area contributed by atoms with Gasteiger partial charge in [0.25, 0.3) is 0 Å². The molecule has 0 bridgehead atoms. The highest BCUT2D eigenvalue weighted by Gasteiger charge is 2.23. The Labute approximate surface area is 127 Å². The number of rotatable bonds is 6. The summed E-state index contributed by atoms with van der Waals surface area (Å²) in [4.78, 5) is 2.52. The SMILES string of the molecule is CC(C)C(CNCc1cccc(C#N)c1)N1CCOCC1. The fourth-order valence-electron chi connectivity index (χ4n) is 2.81. The lowest BCUT2D eigenvalue weighted by atomic mass is 10.0. The van der Waals surface area contributed by atoms with E-state index in [-0.39, 0.29) is 0 Å². The molecule has 4 nitrogen and oxygen atoms in total. The van der Waals surface area contributed by atoms with Crippen molar-refractivity contribution in [3.05, 3.63) is 35.4 Å². The van der Waals surface area contributed by atoms with Crippen molar-refractivity contribution in [3.63, 3.8) is 0 Å². The van der Waals surface area contributed by atoms with Crippen LogP contribution in [0.3, 0.4) is 0 Å². The monoisotopic (exact) mass is 287 g/mol. The van der Waals surface area contributed by atoms with Gasteiger partial charge in [0, 0.05) is 32.2 Å². The van der Waals surface area contributed by atoms with Gasteiger partial charge in [-0.1, -0.05) is 26.0 Å². The Hall–Kier alpha value is -1.41. The quantitative estimate of drug-likeness (QED) is 0.869. The molecule has 1 atom stereocenters. The number of morpholine rings is 1. The van der Waals surface area contributed by atoms with Crippen LogP contribution in [-0.2, 0) is 11.3 Å². The van der Waals surface area contributed by atoms with E-state index in [4.69, 9.17) is 10.00 Å². The van der Waals surface area contributed by atoms with Crippen LogP contribution in [0.1, 0.15) is 25.0 Å². The van der Waals surface area contributed by atoms with Crippen molar-refractivity contribution in [1.82, 2.24) is 10.2 Å². The van der Waals surface area contributed by atoms with Gasteiger partial charge in [-0.2, -0.15) is 5.26 Å². The number of nitriles is 1. The molecule has 0 amide bonds. The van der Waals surface area contributed by atoms with E-state index in [0.717, 1.165) is 45.0 Å². The highest BCUT2D eigenvalue weighted by atomic mass is 16.5. The second kappa shape index (κ2) is 8.14. The topological polar surface area (TPSA) is 48.3 Å². The molecule has 1 aromatic rings. The summed E-state index contributed by atoms with van der Waals surface area (Å²) in [5.41, 5.74) is 1.89. The molecule has 0 aliphatic carbocycles. The minimum Gasteiger partial charge on any atom is -0.379 e. The van der Waals surface area contributed by atoms with Gasteiger partial charge in [0.1, 0.15) is 0 Å². The molecular weight excluding hydrogens is 262 g/mol. The number of nitrogens with one attached hydrogen (secondary N) is 1. The number of hydrogen-bond donors (Lipinski definition) is 1. The first-order chi connectivity index (χ1) is 10.2.